The Balaban J connectivity index is 1.65. The molecule has 3 aromatic carbocycles. The summed E-state index contributed by atoms with van der Waals surface area (Å²) in [6.07, 6.45) is 1.94. The number of hydrogen-bond acceptors (Lipinski definition) is 6. The van der Waals surface area contributed by atoms with Gasteiger partial charge in [-0.3, -0.25) is 14.5 Å². The molecule has 1 atom stereocenters. The van der Waals surface area contributed by atoms with Crippen LogP contribution in [0.4, 0.5) is 5.82 Å². The van der Waals surface area contributed by atoms with Crippen LogP contribution < -0.4 is 19.7 Å². The molecule has 9 heteroatoms. The number of rotatable bonds is 8. The van der Waals surface area contributed by atoms with Gasteiger partial charge in [0.15, 0.2) is 0 Å². The summed E-state index contributed by atoms with van der Waals surface area (Å²) in [7, 11) is 3.28. The molecule has 1 fully saturated rings. The first-order chi connectivity index (χ1) is 20.4. The predicted octanol–water partition coefficient (Wildman–Crippen LogP) is 5.62. The zero-order chi connectivity index (χ0) is 29.4. The number of nitrogens with zero attached hydrogens (tertiary/aromatic N) is 3. The van der Waals surface area contributed by atoms with Gasteiger partial charge in [0.05, 0.1) is 36.6 Å². The minimum absolute atomic E-state index is 0.0876. The second-order valence-corrected chi connectivity index (χ2v) is 11.9. The monoisotopic (exact) mass is 582 g/mol. The molecule has 2 heterocycles. The molecule has 216 valence electrons. The van der Waals surface area contributed by atoms with Gasteiger partial charge >= 0.3 is 0 Å². The fourth-order valence-corrected chi connectivity index (χ4v) is 6.69. The predicted molar refractivity (Wildman–Crippen MR) is 166 cm³/mol. The molecule has 0 unspecified atom stereocenters. The van der Waals surface area contributed by atoms with Crippen molar-refractivity contribution in [2.75, 3.05) is 31.4 Å². The smallest absolute Gasteiger partial charge is 0.240 e. The number of ether oxygens (including phenoxy) is 2. The van der Waals surface area contributed by atoms with Gasteiger partial charge in [-0.25, -0.2) is 4.68 Å². The van der Waals surface area contributed by atoms with E-state index in [0.29, 0.717) is 17.3 Å². The lowest BCUT2D eigenvalue weighted by Crippen LogP contribution is -2.43. The van der Waals surface area contributed by atoms with Crippen molar-refractivity contribution >= 4 is 29.4 Å². The highest BCUT2D eigenvalue weighted by atomic mass is 32.2. The summed E-state index contributed by atoms with van der Waals surface area (Å²) in [4.78, 5) is 28.8. The standard InChI is InChI=1S/C33H34N4O4S/c1-20-10-14-26(21(2)16-20)37-33-30(31(35-37)22-8-6-5-7-9-22)32(25-17-24(40-3)13-15-27(25)41-4)42-19-29(39)36(33)18-28(38)34-23-11-12-23/h5-10,13-17,23,32H,11-12,18-19H2,1-4H3,(H,34,38)/t32-/m0/s1. The van der Waals surface area contributed by atoms with Gasteiger partial charge in [-0.2, -0.15) is 5.10 Å². The molecule has 2 amide bonds. The Morgan fingerprint density at radius 1 is 1.02 bits per heavy atom. The lowest BCUT2D eigenvalue weighted by molar-refractivity contribution is -0.123. The van der Waals surface area contributed by atoms with Crippen molar-refractivity contribution in [3.05, 3.63) is 89.0 Å². The number of nitrogens with one attached hydrogen (secondary N) is 1. The van der Waals surface area contributed by atoms with Crippen molar-refractivity contribution in [1.82, 2.24) is 15.1 Å². The Morgan fingerprint density at radius 3 is 2.50 bits per heavy atom. The van der Waals surface area contributed by atoms with Gasteiger partial charge in [0.1, 0.15) is 23.9 Å². The van der Waals surface area contributed by atoms with E-state index < -0.39 is 0 Å². The maximum atomic E-state index is 14.0. The van der Waals surface area contributed by atoms with Gasteiger partial charge in [0.2, 0.25) is 11.8 Å². The molecule has 6 rings (SSSR count). The summed E-state index contributed by atoms with van der Waals surface area (Å²) < 4.78 is 13.3. The van der Waals surface area contributed by atoms with Gasteiger partial charge < -0.3 is 14.8 Å². The molecule has 0 spiro atoms. The van der Waals surface area contributed by atoms with Crippen molar-refractivity contribution in [2.45, 2.75) is 38.0 Å². The maximum Gasteiger partial charge on any atom is 0.240 e. The molecular weight excluding hydrogens is 548 g/mol. The second kappa shape index (κ2) is 11.6. The first-order valence-corrected chi connectivity index (χ1v) is 15.1. The zero-order valence-electron chi connectivity index (χ0n) is 24.2. The molecule has 42 heavy (non-hydrogen) atoms. The molecule has 1 aliphatic heterocycles. The van der Waals surface area contributed by atoms with E-state index in [2.05, 4.69) is 18.3 Å². The van der Waals surface area contributed by atoms with Gasteiger partial charge in [-0.1, -0.05) is 48.0 Å². The van der Waals surface area contributed by atoms with Crippen molar-refractivity contribution in [3.8, 4) is 28.4 Å². The summed E-state index contributed by atoms with van der Waals surface area (Å²) in [6, 6.07) is 22.0. The average Bonchev–Trinajstić information content (AvgIpc) is 3.75. The normalized spacial score (nSPS) is 16.5. The number of thioether (sulfide) groups is 1. The van der Waals surface area contributed by atoms with Crippen LogP contribution in [0.15, 0.2) is 66.7 Å². The van der Waals surface area contributed by atoms with Crippen molar-refractivity contribution in [2.24, 2.45) is 0 Å². The van der Waals surface area contributed by atoms with Crippen LogP contribution in [0.2, 0.25) is 0 Å². The lowest BCUT2D eigenvalue weighted by atomic mass is 9.98. The highest BCUT2D eigenvalue weighted by molar-refractivity contribution is 8.00. The Hall–Kier alpha value is -4.24. The van der Waals surface area contributed by atoms with E-state index in [1.165, 1.54) is 11.8 Å². The second-order valence-electron chi connectivity index (χ2n) is 10.8. The number of carbonyl (C=O) groups excluding carboxylic acids is 2. The number of anilines is 1. The lowest BCUT2D eigenvalue weighted by Gasteiger charge is -2.24. The Labute approximate surface area is 250 Å². The van der Waals surface area contributed by atoms with E-state index in [1.807, 2.05) is 72.3 Å². The van der Waals surface area contributed by atoms with E-state index in [4.69, 9.17) is 14.6 Å². The van der Waals surface area contributed by atoms with E-state index in [0.717, 1.165) is 52.0 Å². The number of aromatic nitrogens is 2. The van der Waals surface area contributed by atoms with E-state index in [-0.39, 0.29) is 35.4 Å². The van der Waals surface area contributed by atoms with E-state index in [9.17, 15) is 9.59 Å². The van der Waals surface area contributed by atoms with Crippen molar-refractivity contribution < 1.29 is 19.1 Å². The topological polar surface area (TPSA) is 85.7 Å². The van der Waals surface area contributed by atoms with Crippen LogP contribution in [-0.4, -0.2) is 54.2 Å². The third kappa shape index (κ3) is 5.36. The number of hydrogen-bond donors (Lipinski definition) is 1. The zero-order valence-corrected chi connectivity index (χ0v) is 25.0. The molecule has 1 aliphatic carbocycles. The fraction of sp³-hybridized carbons (Fsp3) is 0.303. The van der Waals surface area contributed by atoms with E-state index >= 15 is 0 Å². The summed E-state index contributed by atoms with van der Waals surface area (Å²) >= 11 is 1.51. The Kier molecular flexibility index (Phi) is 7.68. The Morgan fingerprint density at radius 2 is 1.81 bits per heavy atom. The van der Waals surface area contributed by atoms with Crippen LogP contribution in [0.25, 0.3) is 16.9 Å². The third-order valence-electron chi connectivity index (χ3n) is 7.68. The first kappa shape index (κ1) is 27.9. The molecule has 0 radical (unpaired) electrons. The molecule has 0 bridgehead atoms. The minimum Gasteiger partial charge on any atom is -0.497 e. The third-order valence-corrected chi connectivity index (χ3v) is 8.92. The number of amides is 2. The van der Waals surface area contributed by atoms with Gasteiger partial charge in [0, 0.05) is 22.7 Å². The summed E-state index contributed by atoms with van der Waals surface area (Å²) in [5.41, 5.74) is 6.38. The highest BCUT2D eigenvalue weighted by Gasteiger charge is 2.39. The molecule has 0 saturated heterocycles. The number of methoxy groups -OCH3 is 2. The quantitative estimate of drug-likeness (QED) is 0.290. The van der Waals surface area contributed by atoms with Crippen LogP contribution in [0.5, 0.6) is 11.5 Å². The maximum absolute atomic E-state index is 14.0. The summed E-state index contributed by atoms with van der Waals surface area (Å²) in [5.74, 6) is 1.82. The Bertz CT molecular complexity index is 1650. The number of carbonyl (C=O) groups is 2. The van der Waals surface area contributed by atoms with Crippen LogP contribution in [0.1, 0.15) is 40.3 Å². The molecule has 2 aliphatic rings. The molecule has 1 aromatic heterocycles. The largest absolute Gasteiger partial charge is 0.497 e. The molecular formula is C33H34N4O4S. The van der Waals surface area contributed by atoms with Crippen LogP contribution in [0.3, 0.4) is 0 Å². The first-order valence-electron chi connectivity index (χ1n) is 14.1. The van der Waals surface area contributed by atoms with Crippen LogP contribution in [-0.2, 0) is 9.59 Å². The van der Waals surface area contributed by atoms with Crippen LogP contribution in [0, 0.1) is 13.8 Å². The number of fused-ring (bicyclic) bond motifs is 1. The van der Waals surface area contributed by atoms with Gasteiger partial charge in [-0.05, 0) is 56.5 Å². The van der Waals surface area contributed by atoms with Gasteiger partial charge in [0.25, 0.3) is 0 Å². The SMILES string of the molecule is COc1ccc(OC)c([C@@H]2SCC(=O)N(CC(=O)NC3CC3)c3c2c(-c2ccccc2)nn3-c2ccc(C)cc2C)c1. The van der Waals surface area contributed by atoms with Gasteiger partial charge in [-0.15, -0.1) is 11.8 Å². The molecule has 1 N–H and O–H groups in total. The molecule has 4 aromatic rings. The van der Waals surface area contributed by atoms with Crippen molar-refractivity contribution in [3.63, 3.8) is 0 Å². The summed E-state index contributed by atoms with van der Waals surface area (Å²) in [6.45, 7) is 4.00. The molecule has 8 nitrogen and oxygen atoms in total. The van der Waals surface area contributed by atoms with E-state index in [1.54, 1.807) is 19.1 Å². The number of benzene rings is 3. The average molecular weight is 583 g/mol. The fourth-order valence-electron chi connectivity index (χ4n) is 5.47. The van der Waals surface area contributed by atoms with Crippen molar-refractivity contribution in [1.29, 1.82) is 0 Å². The summed E-state index contributed by atoms with van der Waals surface area (Å²) in [5, 5.41) is 7.94. The minimum atomic E-state index is -0.333. The highest BCUT2D eigenvalue weighted by Crippen LogP contribution is 2.51. The number of aryl methyl sites for hydroxylation is 2. The molecule has 1 saturated carbocycles. The van der Waals surface area contributed by atoms with Crippen LogP contribution >= 0.6 is 11.8 Å².